The second-order valence-electron chi connectivity index (χ2n) is 4.95. The van der Waals surface area contributed by atoms with Crippen LogP contribution in [0.2, 0.25) is 0 Å². The fourth-order valence-electron chi connectivity index (χ4n) is 2.84. The zero-order valence-electron chi connectivity index (χ0n) is 10.7. The van der Waals surface area contributed by atoms with E-state index in [1.54, 1.807) is 11.3 Å². The summed E-state index contributed by atoms with van der Waals surface area (Å²) in [6.07, 6.45) is 2.47. The van der Waals surface area contributed by atoms with Gasteiger partial charge in [-0.2, -0.15) is 16.6 Å². The summed E-state index contributed by atoms with van der Waals surface area (Å²) in [7, 11) is 0. The first-order valence-corrected chi connectivity index (χ1v) is 7.57. The number of thiophene rings is 1. The molecule has 3 heteroatoms. The number of hydrogen-bond acceptors (Lipinski definition) is 3. The first kappa shape index (κ1) is 12.4. The molecule has 0 saturated carbocycles. The first-order valence-electron chi connectivity index (χ1n) is 6.62. The Morgan fingerprint density at radius 3 is 3.00 bits per heavy atom. The average Bonchev–Trinajstić information content (AvgIpc) is 3.09. The molecular weight excluding hydrogens is 252 g/mol. The van der Waals surface area contributed by atoms with Crippen LogP contribution >= 0.6 is 11.3 Å². The number of rotatable bonds is 3. The van der Waals surface area contributed by atoms with E-state index in [2.05, 4.69) is 33.9 Å². The lowest BCUT2D eigenvalue weighted by atomic mass is 10.1. The third-order valence-electron chi connectivity index (χ3n) is 3.80. The standard InChI is InChI=1S/C16H16N2S/c17-10-13-4-1-2-5-14(13)11-18-8-3-6-16(18)15-7-9-19-12-15/h1-2,4-5,7,9,12,16H,3,6,8,11H2/t16-/m1/s1. The van der Waals surface area contributed by atoms with Crippen LogP contribution in [0.3, 0.4) is 0 Å². The SMILES string of the molecule is N#Cc1ccccc1CN1CCC[C@@H]1c1ccsc1. The zero-order chi connectivity index (χ0) is 13.1. The van der Waals surface area contributed by atoms with Gasteiger partial charge < -0.3 is 0 Å². The van der Waals surface area contributed by atoms with Crippen molar-refractivity contribution in [3.05, 3.63) is 57.8 Å². The van der Waals surface area contributed by atoms with E-state index in [4.69, 9.17) is 0 Å². The van der Waals surface area contributed by atoms with Crippen LogP contribution in [-0.2, 0) is 6.54 Å². The molecule has 3 rings (SSSR count). The number of benzene rings is 1. The van der Waals surface area contributed by atoms with Crippen LogP contribution in [0.25, 0.3) is 0 Å². The molecule has 0 spiro atoms. The summed E-state index contributed by atoms with van der Waals surface area (Å²) in [6, 6.07) is 13.0. The summed E-state index contributed by atoms with van der Waals surface area (Å²) in [6.45, 7) is 2.00. The summed E-state index contributed by atoms with van der Waals surface area (Å²) < 4.78 is 0. The van der Waals surface area contributed by atoms with Crippen molar-refractivity contribution >= 4 is 11.3 Å². The van der Waals surface area contributed by atoms with E-state index < -0.39 is 0 Å². The lowest BCUT2D eigenvalue weighted by Gasteiger charge is -2.24. The van der Waals surface area contributed by atoms with Crippen LogP contribution in [-0.4, -0.2) is 11.4 Å². The van der Waals surface area contributed by atoms with Crippen molar-refractivity contribution < 1.29 is 0 Å². The van der Waals surface area contributed by atoms with E-state index in [0.717, 1.165) is 24.2 Å². The molecule has 1 aliphatic rings. The van der Waals surface area contributed by atoms with E-state index >= 15 is 0 Å². The lowest BCUT2D eigenvalue weighted by molar-refractivity contribution is 0.249. The highest BCUT2D eigenvalue weighted by Crippen LogP contribution is 2.34. The van der Waals surface area contributed by atoms with Crippen LogP contribution in [0.1, 0.15) is 35.6 Å². The van der Waals surface area contributed by atoms with Gasteiger partial charge >= 0.3 is 0 Å². The molecule has 0 unspecified atom stereocenters. The molecule has 0 aliphatic carbocycles. The van der Waals surface area contributed by atoms with Gasteiger partial charge in [0.05, 0.1) is 11.6 Å². The van der Waals surface area contributed by atoms with Crippen molar-refractivity contribution in [3.63, 3.8) is 0 Å². The van der Waals surface area contributed by atoms with Gasteiger partial charge in [-0.1, -0.05) is 18.2 Å². The van der Waals surface area contributed by atoms with Crippen molar-refractivity contribution in [2.24, 2.45) is 0 Å². The predicted octanol–water partition coefficient (Wildman–Crippen LogP) is 3.96. The molecule has 1 saturated heterocycles. The topological polar surface area (TPSA) is 27.0 Å². The Morgan fingerprint density at radius 2 is 2.21 bits per heavy atom. The minimum absolute atomic E-state index is 0.526. The smallest absolute Gasteiger partial charge is 0.0995 e. The highest BCUT2D eigenvalue weighted by Gasteiger charge is 2.26. The molecule has 1 aliphatic heterocycles. The minimum atomic E-state index is 0.526. The number of nitriles is 1. The van der Waals surface area contributed by atoms with Gasteiger partial charge in [-0.25, -0.2) is 0 Å². The van der Waals surface area contributed by atoms with Gasteiger partial charge in [-0.3, -0.25) is 4.90 Å². The maximum Gasteiger partial charge on any atom is 0.0995 e. The Hall–Kier alpha value is -1.63. The van der Waals surface area contributed by atoms with Crippen LogP contribution in [0.5, 0.6) is 0 Å². The van der Waals surface area contributed by atoms with E-state index in [0.29, 0.717) is 6.04 Å². The summed E-state index contributed by atoms with van der Waals surface area (Å²) in [5, 5.41) is 13.6. The molecular formula is C16H16N2S. The highest BCUT2D eigenvalue weighted by atomic mass is 32.1. The Labute approximate surface area is 117 Å². The molecule has 0 radical (unpaired) electrons. The lowest BCUT2D eigenvalue weighted by Crippen LogP contribution is -2.22. The van der Waals surface area contributed by atoms with Crippen molar-refractivity contribution in [2.45, 2.75) is 25.4 Å². The maximum absolute atomic E-state index is 9.18. The van der Waals surface area contributed by atoms with Crippen molar-refractivity contribution in [1.82, 2.24) is 4.90 Å². The molecule has 1 aromatic carbocycles. The monoisotopic (exact) mass is 268 g/mol. The molecule has 1 aromatic heterocycles. The fraction of sp³-hybridized carbons (Fsp3) is 0.312. The highest BCUT2D eigenvalue weighted by molar-refractivity contribution is 7.07. The predicted molar refractivity (Wildman–Crippen MR) is 77.9 cm³/mol. The quantitative estimate of drug-likeness (QED) is 0.842. The van der Waals surface area contributed by atoms with Crippen LogP contribution < -0.4 is 0 Å². The van der Waals surface area contributed by atoms with E-state index in [1.165, 1.54) is 18.4 Å². The van der Waals surface area contributed by atoms with Gasteiger partial charge in [0.25, 0.3) is 0 Å². The maximum atomic E-state index is 9.18. The molecule has 2 aromatic rings. The molecule has 0 N–H and O–H groups in total. The van der Waals surface area contributed by atoms with Crippen molar-refractivity contribution in [1.29, 1.82) is 5.26 Å². The Balaban J connectivity index is 1.81. The molecule has 2 nitrogen and oxygen atoms in total. The van der Waals surface area contributed by atoms with Crippen molar-refractivity contribution in [3.8, 4) is 6.07 Å². The summed E-state index contributed by atoms with van der Waals surface area (Å²) >= 11 is 1.76. The normalized spacial score (nSPS) is 19.4. The van der Waals surface area contributed by atoms with Crippen LogP contribution in [0.15, 0.2) is 41.1 Å². The van der Waals surface area contributed by atoms with Gasteiger partial charge in [0, 0.05) is 12.6 Å². The zero-order valence-corrected chi connectivity index (χ0v) is 11.6. The molecule has 19 heavy (non-hydrogen) atoms. The van der Waals surface area contributed by atoms with Gasteiger partial charge in [0.2, 0.25) is 0 Å². The largest absolute Gasteiger partial charge is 0.292 e. The molecule has 0 bridgehead atoms. The molecule has 0 amide bonds. The van der Waals surface area contributed by atoms with Crippen molar-refractivity contribution in [2.75, 3.05) is 6.54 Å². The van der Waals surface area contributed by atoms with Crippen LogP contribution in [0.4, 0.5) is 0 Å². The molecule has 2 heterocycles. The van der Waals surface area contributed by atoms with Gasteiger partial charge in [-0.05, 0) is 53.4 Å². The van der Waals surface area contributed by atoms with Gasteiger partial charge in [0.1, 0.15) is 0 Å². The first-order chi connectivity index (χ1) is 9.38. The third-order valence-corrected chi connectivity index (χ3v) is 4.50. The number of likely N-dealkylation sites (tertiary alicyclic amines) is 1. The Kier molecular flexibility index (Phi) is 3.63. The third kappa shape index (κ3) is 2.56. The fourth-order valence-corrected chi connectivity index (χ4v) is 3.55. The Morgan fingerprint density at radius 1 is 1.32 bits per heavy atom. The molecule has 1 atom stereocenters. The summed E-state index contributed by atoms with van der Waals surface area (Å²) in [4.78, 5) is 2.50. The van der Waals surface area contributed by atoms with E-state index in [-0.39, 0.29) is 0 Å². The number of nitrogens with zero attached hydrogens (tertiary/aromatic N) is 2. The average molecular weight is 268 g/mol. The Bertz CT molecular complexity index is 583. The summed E-state index contributed by atoms with van der Waals surface area (Å²) in [5.41, 5.74) is 3.38. The molecule has 1 fully saturated rings. The van der Waals surface area contributed by atoms with Gasteiger partial charge in [-0.15, -0.1) is 0 Å². The minimum Gasteiger partial charge on any atom is -0.292 e. The van der Waals surface area contributed by atoms with Gasteiger partial charge in [0.15, 0.2) is 0 Å². The summed E-state index contributed by atoms with van der Waals surface area (Å²) in [5.74, 6) is 0. The van der Waals surface area contributed by atoms with Crippen LogP contribution in [0, 0.1) is 11.3 Å². The second kappa shape index (κ2) is 5.56. The van der Waals surface area contributed by atoms with E-state index in [1.807, 2.05) is 18.2 Å². The molecule has 96 valence electrons. The van der Waals surface area contributed by atoms with E-state index in [9.17, 15) is 5.26 Å². The second-order valence-corrected chi connectivity index (χ2v) is 5.73. The number of hydrogen-bond donors (Lipinski definition) is 0.